The molecule has 0 spiro atoms. The number of thioether (sulfide) groups is 1. The van der Waals surface area contributed by atoms with E-state index in [-0.39, 0.29) is 11.0 Å². The first kappa shape index (κ1) is 30.1. The van der Waals surface area contributed by atoms with Gasteiger partial charge in [-0.15, -0.1) is 23.1 Å². The molecule has 6 heteroatoms. The van der Waals surface area contributed by atoms with E-state index in [4.69, 9.17) is 21.1 Å². The van der Waals surface area contributed by atoms with Gasteiger partial charge in [0.15, 0.2) is 6.29 Å². The molecule has 1 unspecified atom stereocenters. The Morgan fingerprint density at radius 2 is 1.30 bits per heavy atom. The van der Waals surface area contributed by atoms with Gasteiger partial charge in [0, 0.05) is 11.4 Å². The van der Waals surface area contributed by atoms with Crippen LogP contribution in [0.5, 0.6) is 0 Å². The molecule has 0 aliphatic carbocycles. The molecule has 0 amide bonds. The molecule has 1 aliphatic rings. The average Bonchev–Trinajstić information content (AvgIpc) is 3.75. The van der Waals surface area contributed by atoms with Crippen LogP contribution in [0.2, 0.25) is 5.02 Å². The van der Waals surface area contributed by atoms with Gasteiger partial charge in [0.2, 0.25) is 0 Å². The number of hydrogen-bond acceptors (Lipinski definition) is 5. The summed E-state index contributed by atoms with van der Waals surface area (Å²) in [5.41, 5.74) is 4.56. The molecular formula is C37H35ClO3S2. The van der Waals surface area contributed by atoms with E-state index in [1.54, 1.807) is 11.3 Å². The van der Waals surface area contributed by atoms with Crippen LogP contribution in [-0.4, -0.2) is 24.1 Å². The summed E-state index contributed by atoms with van der Waals surface area (Å²) in [4.78, 5) is 1.04. The van der Waals surface area contributed by atoms with Gasteiger partial charge >= 0.3 is 0 Å². The van der Waals surface area contributed by atoms with E-state index in [1.807, 2.05) is 36.0 Å². The predicted molar refractivity (Wildman–Crippen MR) is 179 cm³/mol. The Kier molecular flexibility index (Phi) is 9.68. The van der Waals surface area contributed by atoms with E-state index >= 15 is 0 Å². The van der Waals surface area contributed by atoms with Crippen molar-refractivity contribution in [1.29, 1.82) is 0 Å². The lowest BCUT2D eigenvalue weighted by atomic mass is 9.84. The molecule has 1 aromatic heterocycles. The van der Waals surface area contributed by atoms with Crippen LogP contribution in [0.15, 0.2) is 127 Å². The normalized spacial score (nSPS) is 15.4. The monoisotopic (exact) mass is 626 g/mol. The summed E-state index contributed by atoms with van der Waals surface area (Å²) in [6, 6.07) is 42.0. The van der Waals surface area contributed by atoms with Crippen LogP contribution in [0, 0.1) is 0 Å². The second-order valence-electron chi connectivity index (χ2n) is 10.9. The number of benzene rings is 4. The Balaban J connectivity index is 1.27. The lowest BCUT2D eigenvalue weighted by Gasteiger charge is -2.36. The van der Waals surface area contributed by atoms with Crippen molar-refractivity contribution < 1.29 is 14.6 Å². The molecule has 2 heterocycles. The molecule has 43 heavy (non-hydrogen) atoms. The van der Waals surface area contributed by atoms with Crippen molar-refractivity contribution in [3.63, 3.8) is 0 Å². The quantitative estimate of drug-likeness (QED) is 0.111. The van der Waals surface area contributed by atoms with Crippen LogP contribution in [0.25, 0.3) is 0 Å². The summed E-state index contributed by atoms with van der Waals surface area (Å²) in [5, 5.41) is 15.0. The van der Waals surface area contributed by atoms with Crippen LogP contribution in [-0.2, 0) is 26.2 Å². The van der Waals surface area contributed by atoms with E-state index in [1.165, 1.54) is 16.7 Å². The highest BCUT2D eigenvalue weighted by atomic mass is 35.5. The van der Waals surface area contributed by atoms with E-state index in [0.29, 0.717) is 31.1 Å². The molecular weight excluding hydrogens is 592 g/mol. The minimum Gasteiger partial charge on any atom is -0.385 e. The molecule has 0 saturated carbocycles. The molecule has 1 saturated heterocycles. The summed E-state index contributed by atoms with van der Waals surface area (Å²) in [5.74, 6) is 0.847. The van der Waals surface area contributed by atoms with Crippen LogP contribution < -0.4 is 0 Å². The first-order valence-corrected chi connectivity index (χ1v) is 16.9. The third-order valence-electron chi connectivity index (χ3n) is 7.98. The van der Waals surface area contributed by atoms with Crippen LogP contribution in [0.1, 0.15) is 51.8 Å². The fourth-order valence-electron chi connectivity index (χ4n) is 5.94. The largest absolute Gasteiger partial charge is 0.385 e. The summed E-state index contributed by atoms with van der Waals surface area (Å²) in [7, 11) is 0. The number of ether oxygens (including phenoxy) is 2. The van der Waals surface area contributed by atoms with Crippen molar-refractivity contribution in [2.24, 2.45) is 0 Å². The first-order valence-electron chi connectivity index (χ1n) is 14.7. The van der Waals surface area contributed by atoms with Crippen molar-refractivity contribution in [3.8, 4) is 0 Å². The fraction of sp³-hybridized carbons (Fsp3) is 0.243. The summed E-state index contributed by atoms with van der Waals surface area (Å²) in [6.45, 7) is 1.22. The molecule has 0 bridgehead atoms. The molecule has 1 fully saturated rings. The zero-order valence-corrected chi connectivity index (χ0v) is 26.3. The second kappa shape index (κ2) is 13.8. The minimum absolute atomic E-state index is 0.309. The predicted octanol–water partition coefficient (Wildman–Crippen LogP) is 9.38. The number of hydrogen-bond donors (Lipinski definition) is 1. The molecule has 220 valence electrons. The maximum absolute atomic E-state index is 12.3. The maximum Gasteiger partial charge on any atom is 0.193 e. The highest BCUT2D eigenvalue weighted by molar-refractivity contribution is 8.00. The Labute approximate surface area is 267 Å². The summed E-state index contributed by atoms with van der Waals surface area (Å²) >= 11 is 9.97. The summed E-state index contributed by atoms with van der Waals surface area (Å²) < 4.78 is 11.0. The SMILES string of the molecule is OC(CCCSC(c1ccccc1)(c1ccccc1)c1ccccc1)(Cc1csc(C2OCCO2)c1)c1cccc(Cl)c1. The van der Waals surface area contributed by atoms with Gasteiger partial charge in [-0.1, -0.05) is 115 Å². The highest BCUT2D eigenvalue weighted by Crippen LogP contribution is 2.49. The molecule has 5 aromatic rings. The van der Waals surface area contributed by atoms with E-state index < -0.39 is 5.60 Å². The second-order valence-corrected chi connectivity index (χ2v) is 13.6. The zero-order chi connectivity index (χ0) is 29.5. The standard InChI is InChI=1S/C37H35ClO3S2/c38-33-19-10-18-32(25-33)36(39,26-28-24-34(42-27-28)35-40-21-22-41-35)20-11-23-43-37(29-12-4-1-5-13-29,30-14-6-2-7-15-30)31-16-8-3-9-17-31/h1-10,12-19,24-25,27,35,39H,11,20-23,26H2. The van der Waals surface area contributed by atoms with Crippen LogP contribution in [0.4, 0.5) is 0 Å². The molecule has 3 nitrogen and oxygen atoms in total. The van der Waals surface area contributed by atoms with Gasteiger partial charge in [-0.3, -0.25) is 0 Å². The smallest absolute Gasteiger partial charge is 0.193 e. The lowest BCUT2D eigenvalue weighted by Crippen LogP contribution is -2.29. The van der Waals surface area contributed by atoms with Crippen LogP contribution in [0.3, 0.4) is 0 Å². The Morgan fingerprint density at radius 3 is 1.86 bits per heavy atom. The van der Waals surface area contributed by atoms with Crippen molar-refractivity contribution in [1.82, 2.24) is 0 Å². The summed E-state index contributed by atoms with van der Waals surface area (Å²) in [6.07, 6.45) is 1.59. The Hall–Kier alpha value is -2.90. The van der Waals surface area contributed by atoms with E-state index in [2.05, 4.69) is 102 Å². The van der Waals surface area contributed by atoms with Crippen molar-refractivity contribution in [2.75, 3.05) is 19.0 Å². The topological polar surface area (TPSA) is 38.7 Å². The average molecular weight is 627 g/mol. The lowest BCUT2D eigenvalue weighted by molar-refractivity contribution is -0.0414. The van der Waals surface area contributed by atoms with Gasteiger partial charge in [0.25, 0.3) is 0 Å². The van der Waals surface area contributed by atoms with Crippen molar-refractivity contribution in [3.05, 3.63) is 164 Å². The number of rotatable bonds is 12. The molecule has 6 rings (SSSR count). The Bertz CT molecular complexity index is 1490. The molecule has 1 aliphatic heterocycles. The maximum atomic E-state index is 12.3. The fourth-order valence-corrected chi connectivity index (χ4v) is 8.54. The minimum atomic E-state index is -1.07. The first-order chi connectivity index (χ1) is 21.1. The van der Waals surface area contributed by atoms with Gasteiger partial charge in [-0.2, -0.15) is 0 Å². The van der Waals surface area contributed by atoms with Gasteiger partial charge in [-0.25, -0.2) is 0 Å². The molecule has 1 atom stereocenters. The molecule has 1 N–H and O–H groups in total. The highest BCUT2D eigenvalue weighted by Gasteiger charge is 2.37. The third-order valence-corrected chi connectivity index (χ3v) is 10.9. The van der Waals surface area contributed by atoms with Gasteiger partial charge in [0.05, 0.1) is 28.4 Å². The molecule has 0 radical (unpaired) electrons. The zero-order valence-electron chi connectivity index (χ0n) is 23.9. The van der Waals surface area contributed by atoms with E-state index in [9.17, 15) is 5.11 Å². The van der Waals surface area contributed by atoms with E-state index in [0.717, 1.165) is 28.2 Å². The van der Waals surface area contributed by atoms with Gasteiger partial charge in [-0.05, 0) is 70.0 Å². The number of halogens is 1. The Morgan fingerprint density at radius 1 is 0.744 bits per heavy atom. The van der Waals surface area contributed by atoms with Gasteiger partial charge in [0.1, 0.15) is 0 Å². The van der Waals surface area contributed by atoms with Crippen molar-refractivity contribution in [2.45, 2.75) is 35.9 Å². The number of thiophene rings is 1. The number of aliphatic hydroxyl groups is 1. The molecule has 4 aromatic carbocycles. The third kappa shape index (κ3) is 6.78. The van der Waals surface area contributed by atoms with Crippen LogP contribution >= 0.6 is 34.7 Å². The van der Waals surface area contributed by atoms with Crippen molar-refractivity contribution >= 4 is 34.7 Å². The van der Waals surface area contributed by atoms with Gasteiger partial charge < -0.3 is 14.6 Å².